The minimum atomic E-state index is -4.50. The van der Waals surface area contributed by atoms with Crippen LogP contribution in [0.1, 0.15) is 16.1 Å². The summed E-state index contributed by atoms with van der Waals surface area (Å²) < 4.78 is 39.6. The number of aromatic nitrogens is 3. The molecule has 0 bridgehead atoms. The number of nitrogens with one attached hydrogen (secondary N) is 2. The van der Waals surface area contributed by atoms with Gasteiger partial charge >= 0.3 is 6.18 Å². The summed E-state index contributed by atoms with van der Waals surface area (Å²) in [6.45, 7) is 0. The third kappa shape index (κ3) is 3.12. The normalized spacial score (nSPS) is 11.3. The lowest BCUT2D eigenvalue weighted by atomic mass is 10.2. The van der Waals surface area contributed by atoms with Crippen molar-refractivity contribution < 1.29 is 18.0 Å². The van der Waals surface area contributed by atoms with Gasteiger partial charge in [0.05, 0.1) is 5.56 Å². The topological polar surface area (TPSA) is 71.8 Å². The number of pyridine rings is 1. The van der Waals surface area contributed by atoms with Gasteiger partial charge in [0, 0.05) is 20.3 Å². The highest BCUT2D eigenvalue weighted by Gasteiger charge is 2.32. The molecule has 0 radical (unpaired) electrons. The summed E-state index contributed by atoms with van der Waals surface area (Å²) in [4.78, 5) is 15.4. The first kappa shape index (κ1) is 14.8. The summed E-state index contributed by atoms with van der Waals surface area (Å²) in [6.07, 6.45) is -3.13. The molecule has 0 aliphatic carbocycles. The van der Waals surface area contributed by atoms with Crippen molar-refractivity contribution in [2.75, 3.05) is 19.4 Å². The number of alkyl halides is 3. The van der Waals surface area contributed by atoms with E-state index in [-0.39, 0.29) is 17.3 Å². The summed E-state index contributed by atoms with van der Waals surface area (Å²) in [6, 6.07) is 3.15. The third-order valence-corrected chi connectivity index (χ3v) is 2.68. The first-order valence-electron chi connectivity index (χ1n) is 5.90. The number of anilines is 1. The maximum atomic E-state index is 12.8. The molecule has 6 nitrogen and oxygen atoms in total. The molecule has 2 aromatic rings. The Balaban J connectivity index is 2.48. The highest BCUT2D eigenvalue weighted by atomic mass is 19.4. The van der Waals surface area contributed by atoms with E-state index in [9.17, 15) is 18.0 Å². The molecule has 9 heteroatoms. The van der Waals surface area contributed by atoms with Crippen molar-refractivity contribution in [2.24, 2.45) is 0 Å². The molecule has 2 heterocycles. The standard InChI is InChI=1S/C12H12F3N5O/c1-16-9-5-7(12(13,14)15)6-10(18-9)20-4-3-8(19-20)11(21)17-2/h3-6H,1-2H3,(H,16,18)(H,17,21). The second-order valence-electron chi connectivity index (χ2n) is 4.07. The van der Waals surface area contributed by atoms with Crippen LogP contribution in [0.4, 0.5) is 19.0 Å². The van der Waals surface area contributed by atoms with Crippen LogP contribution in [-0.2, 0) is 6.18 Å². The average Bonchev–Trinajstić information content (AvgIpc) is 2.94. The van der Waals surface area contributed by atoms with Crippen LogP contribution in [-0.4, -0.2) is 34.8 Å². The van der Waals surface area contributed by atoms with Gasteiger partial charge in [0.2, 0.25) is 0 Å². The molecule has 2 N–H and O–H groups in total. The lowest BCUT2D eigenvalue weighted by molar-refractivity contribution is -0.137. The molecule has 112 valence electrons. The van der Waals surface area contributed by atoms with Crippen molar-refractivity contribution in [1.82, 2.24) is 20.1 Å². The second-order valence-corrected chi connectivity index (χ2v) is 4.07. The maximum Gasteiger partial charge on any atom is 0.416 e. The Bertz CT molecular complexity index is 665. The highest BCUT2D eigenvalue weighted by Crippen LogP contribution is 2.31. The zero-order chi connectivity index (χ0) is 15.6. The van der Waals surface area contributed by atoms with E-state index < -0.39 is 17.6 Å². The second kappa shape index (κ2) is 5.43. The van der Waals surface area contributed by atoms with Gasteiger partial charge in [-0.2, -0.15) is 18.3 Å². The van der Waals surface area contributed by atoms with Gasteiger partial charge < -0.3 is 10.6 Å². The molecule has 0 saturated heterocycles. The van der Waals surface area contributed by atoms with Crippen molar-refractivity contribution in [3.05, 3.63) is 35.7 Å². The van der Waals surface area contributed by atoms with Crippen LogP contribution in [0.5, 0.6) is 0 Å². The van der Waals surface area contributed by atoms with E-state index in [0.717, 1.165) is 16.8 Å². The quantitative estimate of drug-likeness (QED) is 0.904. The number of hydrogen-bond donors (Lipinski definition) is 2. The molecule has 0 aliphatic rings. The van der Waals surface area contributed by atoms with Gasteiger partial charge in [0.15, 0.2) is 11.5 Å². The summed E-state index contributed by atoms with van der Waals surface area (Å²) in [7, 11) is 2.90. The maximum absolute atomic E-state index is 12.8. The fourth-order valence-corrected chi connectivity index (χ4v) is 1.63. The SMILES string of the molecule is CNC(=O)c1ccn(-c2cc(C(F)(F)F)cc(NC)n2)n1. The predicted molar refractivity (Wildman–Crippen MR) is 69.3 cm³/mol. The molecule has 0 aliphatic heterocycles. The lowest BCUT2D eigenvalue weighted by Crippen LogP contribution is -2.18. The number of nitrogens with zero attached hydrogens (tertiary/aromatic N) is 3. The van der Waals surface area contributed by atoms with Gasteiger partial charge in [-0.25, -0.2) is 9.67 Å². The predicted octanol–water partition coefficient (Wildman–Crippen LogP) is 1.69. The summed E-state index contributed by atoms with van der Waals surface area (Å²) in [5.74, 6) is -0.421. The van der Waals surface area contributed by atoms with Crippen molar-refractivity contribution in [2.45, 2.75) is 6.18 Å². The van der Waals surface area contributed by atoms with Crippen molar-refractivity contribution in [3.8, 4) is 5.82 Å². The van der Waals surface area contributed by atoms with E-state index in [1.807, 2.05) is 0 Å². The number of carbonyl (C=O) groups excluding carboxylic acids is 1. The van der Waals surface area contributed by atoms with E-state index in [1.165, 1.54) is 26.4 Å². The molecule has 1 amide bonds. The molecule has 0 aromatic carbocycles. The van der Waals surface area contributed by atoms with Gasteiger partial charge in [0.25, 0.3) is 5.91 Å². The Hall–Kier alpha value is -2.58. The fraction of sp³-hybridized carbons (Fsp3) is 0.250. The molecule has 0 spiro atoms. The number of hydrogen-bond acceptors (Lipinski definition) is 4. The van der Waals surface area contributed by atoms with Crippen LogP contribution in [0.25, 0.3) is 5.82 Å². The van der Waals surface area contributed by atoms with Crippen LogP contribution in [0.3, 0.4) is 0 Å². The summed E-state index contributed by atoms with van der Waals surface area (Å²) >= 11 is 0. The van der Waals surface area contributed by atoms with E-state index in [1.54, 1.807) is 0 Å². The van der Waals surface area contributed by atoms with Crippen molar-refractivity contribution in [3.63, 3.8) is 0 Å². The van der Waals surface area contributed by atoms with Crippen LogP contribution in [0, 0.1) is 0 Å². The van der Waals surface area contributed by atoms with Gasteiger partial charge in [-0.1, -0.05) is 0 Å². The zero-order valence-corrected chi connectivity index (χ0v) is 11.2. The molecule has 21 heavy (non-hydrogen) atoms. The molecule has 0 unspecified atom stereocenters. The van der Waals surface area contributed by atoms with Crippen LogP contribution >= 0.6 is 0 Å². The molecule has 0 atom stereocenters. The first-order chi connectivity index (χ1) is 9.85. The smallest absolute Gasteiger partial charge is 0.373 e. The van der Waals surface area contributed by atoms with Crippen LogP contribution in [0.15, 0.2) is 24.4 Å². The van der Waals surface area contributed by atoms with E-state index in [4.69, 9.17) is 0 Å². The van der Waals surface area contributed by atoms with E-state index >= 15 is 0 Å². The third-order valence-electron chi connectivity index (χ3n) is 2.68. The summed E-state index contributed by atoms with van der Waals surface area (Å²) in [5, 5.41) is 8.83. The molecule has 2 aromatic heterocycles. The number of rotatable bonds is 3. The highest BCUT2D eigenvalue weighted by molar-refractivity contribution is 5.91. The number of carbonyl (C=O) groups is 1. The van der Waals surface area contributed by atoms with E-state index in [0.29, 0.717) is 0 Å². The van der Waals surface area contributed by atoms with Crippen LogP contribution < -0.4 is 10.6 Å². The Labute approximate surface area is 118 Å². The largest absolute Gasteiger partial charge is 0.416 e. The van der Waals surface area contributed by atoms with Gasteiger partial charge in [-0.3, -0.25) is 4.79 Å². The fourth-order valence-electron chi connectivity index (χ4n) is 1.63. The Kier molecular flexibility index (Phi) is 3.83. The minimum Gasteiger partial charge on any atom is -0.373 e. The average molecular weight is 299 g/mol. The zero-order valence-electron chi connectivity index (χ0n) is 11.2. The Morgan fingerprint density at radius 1 is 1.29 bits per heavy atom. The van der Waals surface area contributed by atoms with Gasteiger partial charge in [-0.05, 0) is 18.2 Å². The van der Waals surface area contributed by atoms with Gasteiger partial charge in [-0.15, -0.1) is 0 Å². The molecule has 0 fully saturated rings. The molecular formula is C12H12F3N5O. The molecular weight excluding hydrogens is 287 g/mol. The van der Waals surface area contributed by atoms with Crippen molar-refractivity contribution in [1.29, 1.82) is 0 Å². The van der Waals surface area contributed by atoms with E-state index in [2.05, 4.69) is 20.7 Å². The number of halogens is 3. The Morgan fingerprint density at radius 3 is 2.57 bits per heavy atom. The summed E-state index contributed by atoms with van der Waals surface area (Å²) in [5.41, 5.74) is -0.767. The van der Waals surface area contributed by atoms with Crippen LogP contribution in [0.2, 0.25) is 0 Å². The van der Waals surface area contributed by atoms with Gasteiger partial charge in [0.1, 0.15) is 5.82 Å². The lowest BCUT2D eigenvalue weighted by Gasteiger charge is -2.11. The number of amides is 1. The van der Waals surface area contributed by atoms with Crippen molar-refractivity contribution >= 4 is 11.7 Å². The monoisotopic (exact) mass is 299 g/mol. The first-order valence-corrected chi connectivity index (χ1v) is 5.90. The molecule has 0 saturated carbocycles. The minimum absolute atomic E-state index is 0.0377. The Morgan fingerprint density at radius 2 is 2.00 bits per heavy atom. The molecule has 2 rings (SSSR count).